The zero-order valence-corrected chi connectivity index (χ0v) is 18.2. The average molecular weight is 442 g/mol. The topological polar surface area (TPSA) is 64.1 Å². The van der Waals surface area contributed by atoms with Crippen LogP contribution in [0, 0.1) is 0 Å². The number of nitrogens with one attached hydrogen (secondary N) is 1. The van der Waals surface area contributed by atoms with Crippen molar-refractivity contribution in [1.29, 1.82) is 0 Å². The second-order valence-corrected chi connectivity index (χ2v) is 9.26. The Morgan fingerprint density at radius 2 is 1.97 bits per heavy atom. The van der Waals surface area contributed by atoms with Crippen molar-refractivity contribution in [2.45, 2.75) is 17.7 Å². The van der Waals surface area contributed by atoms with Crippen molar-refractivity contribution < 1.29 is 9.53 Å². The molecule has 5 nitrogen and oxygen atoms in total. The zero-order valence-electron chi connectivity index (χ0n) is 15.8. The van der Waals surface area contributed by atoms with Gasteiger partial charge < -0.3 is 10.1 Å². The summed E-state index contributed by atoms with van der Waals surface area (Å²) in [7, 11) is 1.66. The number of nitrogens with zero attached hydrogens (tertiary/aromatic N) is 2. The molecule has 0 saturated carbocycles. The molecule has 0 aliphatic rings. The van der Waals surface area contributed by atoms with Gasteiger partial charge in [0.25, 0.3) is 0 Å². The number of anilines is 1. The molecule has 2 heterocycles. The first kappa shape index (κ1) is 19.9. The summed E-state index contributed by atoms with van der Waals surface area (Å²) in [5, 5.41) is 6.33. The van der Waals surface area contributed by atoms with E-state index in [1.54, 1.807) is 30.2 Å². The number of hydrogen-bond acceptors (Lipinski definition) is 7. The van der Waals surface area contributed by atoms with Gasteiger partial charge in [-0.25, -0.2) is 9.97 Å². The SMILES string of the molecule is COc1ccc(SCCCC(=O)Nc2nc(-c3nc4ccccc4s3)cs2)cc1. The molecule has 0 spiro atoms. The van der Waals surface area contributed by atoms with Crippen LogP contribution in [0.1, 0.15) is 12.8 Å². The van der Waals surface area contributed by atoms with Gasteiger partial charge in [0.05, 0.1) is 17.3 Å². The number of benzene rings is 2. The molecule has 0 aliphatic carbocycles. The van der Waals surface area contributed by atoms with Gasteiger partial charge in [0.1, 0.15) is 16.5 Å². The first-order valence-electron chi connectivity index (χ1n) is 9.09. The molecule has 4 rings (SSSR count). The molecule has 29 heavy (non-hydrogen) atoms. The Bertz CT molecular complexity index is 1070. The van der Waals surface area contributed by atoms with E-state index in [-0.39, 0.29) is 5.91 Å². The van der Waals surface area contributed by atoms with E-state index < -0.39 is 0 Å². The Morgan fingerprint density at radius 1 is 1.14 bits per heavy atom. The van der Waals surface area contributed by atoms with E-state index in [2.05, 4.69) is 21.4 Å². The second-order valence-electron chi connectivity index (χ2n) is 6.20. The maximum atomic E-state index is 12.2. The molecular formula is C21H19N3O2S3. The van der Waals surface area contributed by atoms with Crippen LogP contribution in [0.2, 0.25) is 0 Å². The van der Waals surface area contributed by atoms with Gasteiger partial charge >= 0.3 is 0 Å². The predicted molar refractivity (Wildman–Crippen MR) is 122 cm³/mol. The lowest BCUT2D eigenvalue weighted by molar-refractivity contribution is -0.116. The number of thiazole rings is 2. The Hall–Kier alpha value is -2.42. The highest BCUT2D eigenvalue weighted by atomic mass is 32.2. The van der Waals surface area contributed by atoms with Crippen LogP contribution in [0.5, 0.6) is 5.75 Å². The molecule has 0 saturated heterocycles. The minimum absolute atomic E-state index is 0.00877. The van der Waals surface area contributed by atoms with Crippen LogP contribution in [0.4, 0.5) is 5.13 Å². The maximum absolute atomic E-state index is 12.2. The summed E-state index contributed by atoms with van der Waals surface area (Å²) in [6, 6.07) is 16.0. The molecular weight excluding hydrogens is 422 g/mol. The Morgan fingerprint density at radius 3 is 2.76 bits per heavy atom. The van der Waals surface area contributed by atoms with Gasteiger partial charge in [-0.15, -0.1) is 34.4 Å². The molecule has 0 radical (unpaired) electrons. The van der Waals surface area contributed by atoms with Crippen LogP contribution < -0.4 is 10.1 Å². The molecule has 1 amide bonds. The summed E-state index contributed by atoms with van der Waals surface area (Å²) in [4.78, 5) is 22.5. The van der Waals surface area contributed by atoms with Crippen molar-refractivity contribution in [3.8, 4) is 16.5 Å². The fraction of sp³-hybridized carbons (Fsp3) is 0.190. The summed E-state index contributed by atoms with van der Waals surface area (Å²) < 4.78 is 6.29. The standard InChI is InChI=1S/C21H19N3O2S3/c1-26-14-8-10-15(11-9-14)27-12-4-7-19(25)24-21-23-17(13-28-21)20-22-16-5-2-3-6-18(16)29-20/h2-3,5-6,8-11,13H,4,7,12H2,1H3,(H,23,24,25). The number of hydrogen-bond donors (Lipinski definition) is 1. The van der Waals surface area contributed by atoms with Crippen molar-refractivity contribution in [2.24, 2.45) is 0 Å². The smallest absolute Gasteiger partial charge is 0.226 e. The van der Waals surface area contributed by atoms with Crippen LogP contribution in [-0.2, 0) is 4.79 Å². The number of ether oxygens (including phenoxy) is 1. The van der Waals surface area contributed by atoms with Gasteiger partial charge in [0.2, 0.25) is 5.91 Å². The fourth-order valence-corrected chi connectivity index (χ4v) is 5.25. The van der Waals surface area contributed by atoms with Crippen molar-refractivity contribution in [1.82, 2.24) is 9.97 Å². The summed E-state index contributed by atoms with van der Waals surface area (Å²) >= 11 is 4.77. The third-order valence-electron chi connectivity index (χ3n) is 4.14. The number of carbonyl (C=O) groups excluding carboxylic acids is 1. The molecule has 4 aromatic rings. The first-order valence-corrected chi connectivity index (χ1v) is 11.8. The number of rotatable bonds is 8. The summed E-state index contributed by atoms with van der Waals surface area (Å²) in [6.45, 7) is 0. The van der Waals surface area contributed by atoms with E-state index in [4.69, 9.17) is 4.74 Å². The van der Waals surface area contributed by atoms with Crippen molar-refractivity contribution >= 4 is 55.7 Å². The largest absolute Gasteiger partial charge is 0.497 e. The highest BCUT2D eigenvalue weighted by Gasteiger charge is 2.11. The lowest BCUT2D eigenvalue weighted by atomic mass is 10.3. The highest BCUT2D eigenvalue weighted by molar-refractivity contribution is 7.99. The lowest BCUT2D eigenvalue weighted by Gasteiger charge is -2.04. The third-order valence-corrected chi connectivity index (χ3v) is 7.05. The van der Waals surface area contributed by atoms with Crippen LogP contribution in [0.25, 0.3) is 20.9 Å². The number of aromatic nitrogens is 2. The van der Waals surface area contributed by atoms with Gasteiger partial charge in [0, 0.05) is 16.7 Å². The van der Waals surface area contributed by atoms with Crippen molar-refractivity contribution in [3.63, 3.8) is 0 Å². The number of fused-ring (bicyclic) bond motifs is 1. The van der Waals surface area contributed by atoms with Crippen LogP contribution in [0.15, 0.2) is 58.8 Å². The quantitative estimate of drug-likeness (QED) is 0.271. The van der Waals surface area contributed by atoms with Gasteiger partial charge in [-0.05, 0) is 48.6 Å². The molecule has 2 aromatic carbocycles. The number of amides is 1. The van der Waals surface area contributed by atoms with Gasteiger partial charge in [-0.2, -0.15) is 0 Å². The fourth-order valence-electron chi connectivity index (χ4n) is 2.69. The molecule has 0 unspecified atom stereocenters. The normalized spacial score (nSPS) is 10.9. The maximum Gasteiger partial charge on any atom is 0.226 e. The van der Waals surface area contributed by atoms with E-state index in [0.29, 0.717) is 11.6 Å². The number of thioether (sulfide) groups is 1. The monoisotopic (exact) mass is 441 g/mol. The van der Waals surface area contributed by atoms with E-state index in [0.717, 1.165) is 38.8 Å². The van der Waals surface area contributed by atoms with E-state index in [9.17, 15) is 4.79 Å². The van der Waals surface area contributed by atoms with Crippen LogP contribution in [0.3, 0.4) is 0 Å². The average Bonchev–Trinajstić information content (AvgIpc) is 3.38. The Labute approximate surface area is 181 Å². The molecule has 0 bridgehead atoms. The molecule has 148 valence electrons. The number of methoxy groups -OCH3 is 1. The molecule has 8 heteroatoms. The van der Waals surface area contributed by atoms with Gasteiger partial charge in [-0.3, -0.25) is 4.79 Å². The highest BCUT2D eigenvalue weighted by Crippen LogP contribution is 2.32. The first-order chi connectivity index (χ1) is 14.2. The Kier molecular flexibility index (Phi) is 6.43. The van der Waals surface area contributed by atoms with Crippen LogP contribution in [-0.4, -0.2) is 28.7 Å². The minimum atomic E-state index is -0.00877. The lowest BCUT2D eigenvalue weighted by Crippen LogP contribution is -2.11. The molecule has 0 atom stereocenters. The summed E-state index contributed by atoms with van der Waals surface area (Å²) in [5.74, 6) is 1.72. The van der Waals surface area contributed by atoms with Gasteiger partial charge in [-0.1, -0.05) is 12.1 Å². The van der Waals surface area contributed by atoms with E-state index >= 15 is 0 Å². The minimum Gasteiger partial charge on any atom is -0.497 e. The van der Waals surface area contributed by atoms with Crippen molar-refractivity contribution in [2.75, 3.05) is 18.2 Å². The summed E-state index contributed by atoms with van der Waals surface area (Å²) in [6.07, 6.45) is 1.28. The Balaban J connectivity index is 1.25. The number of carbonyl (C=O) groups is 1. The summed E-state index contributed by atoms with van der Waals surface area (Å²) in [5.41, 5.74) is 1.78. The molecule has 2 aromatic heterocycles. The predicted octanol–water partition coefficient (Wildman–Crippen LogP) is 5.94. The van der Waals surface area contributed by atoms with Gasteiger partial charge in [0.15, 0.2) is 5.13 Å². The third kappa shape index (κ3) is 5.14. The van der Waals surface area contributed by atoms with E-state index in [1.807, 2.05) is 47.8 Å². The second kappa shape index (κ2) is 9.39. The molecule has 1 N–H and O–H groups in total. The van der Waals surface area contributed by atoms with Crippen molar-refractivity contribution in [3.05, 3.63) is 53.9 Å². The zero-order chi connectivity index (χ0) is 20.1. The molecule has 0 aliphatic heterocycles. The van der Waals surface area contributed by atoms with Crippen LogP contribution >= 0.6 is 34.4 Å². The van der Waals surface area contributed by atoms with E-state index in [1.165, 1.54) is 16.2 Å². The molecule has 0 fully saturated rings. The number of para-hydroxylation sites is 1.